The summed E-state index contributed by atoms with van der Waals surface area (Å²) in [6.07, 6.45) is 16.6. The van der Waals surface area contributed by atoms with E-state index in [2.05, 4.69) is 45.0 Å². The van der Waals surface area contributed by atoms with Crippen molar-refractivity contribution in [2.45, 2.75) is 98.3 Å². The zero-order valence-electron chi connectivity index (χ0n) is 16.7. The SMILES string of the molecule is CC=O.CCCCCCCC1(C)CCCC1.CCc1ccccc1. The maximum atomic E-state index is 8.81. The lowest BCUT2D eigenvalue weighted by Crippen LogP contribution is -2.10. The second-order valence-corrected chi connectivity index (χ2v) is 7.26. The minimum Gasteiger partial charge on any atom is -0.304 e. The van der Waals surface area contributed by atoms with Crippen molar-refractivity contribution in [3.8, 4) is 0 Å². The van der Waals surface area contributed by atoms with Crippen molar-refractivity contribution in [3.63, 3.8) is 0 Å². The summed E-state index contributed by atoms with van der Waals surface area (Å²) in [5, 5.41) is 0. The fourth-order valence-corrected chi connectivity index (χ4v) is 3.35. The Balaban J connectivity index is 0.000000409. The Morgan fingerprint density at radius 1 is 0.958 bits per heavy atom. The highest BCUT2D eigenvalue weighted by molar-refractivity contribution is 5.44. The number of hydrogen-bond donors (Lipinski definition) is 0. The number of carbonyl (C=O) groups is 1. The summed E-state index contributed by atoms with van der Waals surface area (Å²) in [6, 6.07) is 10.5. The predicted octanol–water partition coefficient (Wildman–Crippen LogP) is 7.38. The quantitative estimate of drug-likeness (QED) is 0.376. The van der Waals surface area contributed by atoms with E-state index >= 15 is 0 Å². The fourth-order valence-electron chi connectivity index (χ4n) is 3.35. The molecule has 0 spiro atoms. The van der Waals surface area contributed by atoms with Gasteiger partial charge in [0.25, 0.3) is 0 Å². The summed E-state index contributed by atoms with van der Waals surface area (Å²) >= 11 is 0. The molecule has 0 bridgehead atoms. The van der Waals surface area contributed by atoms with Crippen LogP contribution in [0.25, 0.3) is 0 Å². The molecule has 1 aromatic carbocycles. The van der Waals surface area contributed by atoms with Gasteiger partial charge in [0.1, 0.15) is 6.29 Å². The van der Waals surface area contributed by atoms with Gasteiger partial charge in [0.05, 0.1) is 0 Å². The first-order chi connectivity index (χ1) is 11.6. The van der Waals surface area contributed by atoms with E-state index in [1.807, 2.05) is 6.07 Å². The van der Waals surface area contributed by atoms with Crippen molar-refractivity contribution in [1.29, 1.82) is 0 Å². The van der Waals surface area contributed by atoms with E-state index < -0.39 is 0 Å². The molecule has 1 aliphatic carbocycles. The molecule has 1 aromatic rings. The van der Waals surface area contributed by atoms with Crippen molar-refractivity contribution in [1.82, 2.24) is 0 Å². The van der Waals surface area contributed by atoms with Crippen LogP contribution in [0.15, 0.2) is 30.3 Å². The molecule has 1 aliphatic rings. The third-order valence-corrected chi connectivity index (χ3v) is 4.95. The van der Waals surface area contributed by atoms with Gasteiger partial charge in [-0.15, -0.1) is 0 Å². The molecule has 0 N–H and O–H groups in total. The predicted molar refractivity (Wildman–Crippen MR) is 108 cm³/mol. The number of unbranched alkanes of at least 4 members (excludes halogenated alkanes) is 4. The van der Waals surface area contributed by atoms with E-state index in [0.717, 1.165) is 18.1 Å². The molecule has 0 aromatic heterocycles. The highest BCUT2D eigenvalue weighted by Crippen LogP contribution is 2.41. The first-order valence-corrected chi connectivity index (χ1v) is 10.1. The van der Waals surface area contributed by atoms with E-state index in [1.54, 1.807) is 0 Å². The summed E-state index contributed by atoms with van der Waals surface area (Å²) in [6.45, 7) is 8.40. The Kier molecular flexibility index (Phi) is 14.7. The summed E-state index contributed by atoms with van der Waals surface area (Å²) in [5.41, 5.74) is 2.15. The van der Waals surface area contributed by atoms with Gasteiger partial charge in [0.15, 0.2) is 0 Å². The van der Waals surface area contributed by atoms with Crippen LogP contribution in [0.3, 0.4) is 0 Å². The number of rotatable bonds is 7. The third kappa shape index (κ3) is 12.3. The summed E-state index contributed by atoms with van der Waals surface area (Å²) in [7, 11) is 0. The molecule has 1 heteroatoms. The lowest BCUT2D eigenvalue weighted by Gasteiger charge is -2.22. The molecule has 0 saturated heterocycles. The van der Waals surface area contributed by atoms with Crippen molar-refractivity contribution in [3.05, 3.63) is 35.9 Å². The van der Waals surface area contributed by atoms with Gasteiger partial charge in [-0.25, -0.2) is 0 Å². The molecule has 138 valence electrons. The van der Waals surface area contributed by atoms with E-state index in [4.69, 9.17) is 4.79 Å². The highest BCUT2D eigenvalue weighted by Gasteiger charge is 2.27. The highest BCUT2D eigenvalue weighted by atomic mass is 16.1. The van der Waals surface area contributed by atoms with Gasteiger partial charge in [0.2, 0.25) is 0 Å². The summed E-state index contributed by atoms with van der Waals surface area (Å²) in [5.74, 6) is 0. The molecule has 24 heavy (non-hydrogen) atoms. The third-order valence-electron chi connectivity index (χ3n) is 4.95. The lowest BCUT2D eigenvalue weighted by molar-refractivity contribution is -0.106. The molecule has 2 rings (SSSR count). The van der Waals surface area contributed by atoms with Crippen molar-refractivity contribution < 1.29 is 4.79 Å². The number of hydrogen-bond acceptors (Lipinski definition) is 1. The molecule has 0 aliphatic heterocycles. The average molecular weight is 333 g/mol. The molecule has 0 unspecified atom stereocenters. The second kappa shape index (κ2) is 15.4. The maximum Gasteiger partial charge on any atom is 0.116 e. The minimum atomic E-state index is 0.742. The largest absolute Gasteiger partial charge is 0.304 e. The molecule has 0 atom stereocenters. The number of benzene rings is 1. The van der Waals surface area contributed by atoms with Gasteiger partial charge in [-0.3, -0.25) is 0 Å². The Morgan fingerprint density at radius 2 is 1.50 bits per heavy atom. The van der Waals surface area contributed by atoms with Crippen LogP contribution >= 0.6 is 0 Å². The number of carbonyl (C=O) groups excluding carboxylic acids is 1. The zero-order chi connectivity index (χ0) is 18.1. The van der Waals surface area contributed by atoms with Gasteiger partial charge in [-0.1, -0.05) is 96.0 Å². The van der Waals surface area contributed by atoms with Crippen LogP contribution in [0.4, 0.5) is 0 Å². The van der Waals surface area contributed by atoms with Crippen molar-refractivity contribution in [2.75, 3.05) is 0 Å². The summed E-state index contributed by atoms with van der Waals surface area (Å²) < 4.78 is 0. The molecular weight excluding hydrogens is 292 g/mol. The van der Waals surface area contributed by atoms with Gasteiger partial charge in [-0.05, 0) is 43.6 Å². The van der Waals surface area contributed by atoms with Crippen LogP contribution in [-0.4, -0.2) is 6.29 Å². The van der Waals surface area contributed by atoms with Crippen LogP contribution < -0.4 is 0 Å². The van der Waals surface area contributed by atoms with Crippen LogP contribution in [-0.2, 0) is 11.2 Å². The van der Waals surface area contributed by atoms with E-state index in [1.165, 1.54) is 76.7 Å². The van der Waals surface area contributed by atoms with Gasteiger partial charge >= 0.3 is 0 Å². The Hall–Kier alpha value is -1.11. The molecule has 1 saturated carbocycles. The van der Waals surface area contributed by atoms with E-state index in [-0.39, 0.29) is 0 Å². The normalized spacial score (nSPS) is 14.8. The van der Waals surface area contributed by atoms with E-state index in [9.17, 15) is 0 Å². The molecular formula is C23H40O. The second-order valence-electron chi connectivity index (χ2n) is 7.26. The average Bonchev–Trinajstić information content (AvgIpc) is 3.03. The molecule has 0 heterocycles. The molecule has 1 nitrogen and oxygen atoms in total. The van der Waals surface area contributed by atoms with Gasteiger partial charge in [0, 0.05) is 0 Å². The first-order valence-electron chi connectivity index (χ1n) is 10.1. The van der Waals surface area contributed by atoms with Crippen LogP contribution in [0.2, 0.25) is 0 Å². The van der Waals surface area contributed by atoms with Crippen LogP contribution in [0.1, 0.15) is 97.5 Å². The molecule has 1 fully saturated rings. The minimum absolute atomic E-state index is 0.742. The standard InChI is InChI=1S/C13H26.C8H10.C2H4O/c1-3-4-5-6-7-10-13(2)11-8-9-12-13;1-2-8-6-4-3-5-7-8;1-2-3/h3-12H2,1-2H3;3-7H,2H2,1H3;2H,1H3. The fraction of sp³-hybridized carbons (Fsp3) is 0.696. The molecule has 0 radical (unpaired) electrons. The number of aldehydes is 1. The molecule has 0 amide bonds. The van der Waals surface area contributed by atoms with Crippen molar-refractivity contribution in [2.24, 2.45) is 5.41 Å². The Morgan fingerprint density at radius 3 is 1.96 bits per heavy atom. The van der Waals surface area contributed by atoms with Crippen LogP contribution in [0.5, 0.6) is 0 Å². The smallest absolute Gasteiger partial charge is 0.116 e. The van der Waals surface area contributed by atoms with Gasteiger partial charge < -0.3 is 4.79 Å². The Labute approximate surface area is 151 Å². The monoisotopic (exact) mass is 332 g/mol. The zero-order valence-corrected chi connectivity index (χ0v) is 16.7. The Bertz CT molecular complexity index is 376. The maximum absolute atomic E-state index is 8.81. The number of aryl methyl sites for hydroxylation is 1. The van der Waals surface area contributed by atoms with Gasteiger partial charge in [-0.2, -0.15) is 0 Å². The first kappa shape index (κ1) is 22.9. The topological polar surface area (TPSA) is 17.1 Å². The lowest BCUT2D eigenvalue weighted by atomic mass is 9.83. The van der Waals surface area contributed by atoms with Crippen molar-refractivity contribution >= 4 is 6.29 Å². The summed E-state index contributed by atoms with van der Waals surface area (Å²) in [4.78, 5) is 8.81. The van der Waals surface area contributed by atoms with E-state index in [0.29, 0.717) is 0 Å². The van der Waals surface area contributed by atoms with Crippen LogP contribution in [0, 0.1) is 5.41 Å².